The van der Waals surface area contributed by atoms with Crippen LogP contribution in [0.15, 0.2) is 16.3 Å². The van der Waals surface area contributed by atoms with Crippen LogP contribution in [-0.4, -0.2) is 62.8 Å². The molecule has 9 heteroatoms. The molecule has 6 nitrogen and oxygen atoms in total. The summed E-state index contributed by atoms with van der Waals surface area (Å²) in [5.41, 5.74) is 0. The lowest BCUT2D eigenvalue weighted by Gasteiger charge is -2.34. The highest BCUT2D eigenvalue weighted by Crippen LogP contribution is 2.29. The molecule has 0 aliphatic carbocycles. The maximum atomic E-state index is 12.7. The Morgan fingerprint density at radius 3 is 2.62 bits per heavy atom. The minimum atomic E-state index is -3.52. The summed E-state index contributed by atoms with van der Waals surface area (Å²) in [6.07, 6.45) is 0.652. The zero-order valence-corrected chi connectivity index (χ0v) is 16.0. The number of amides is 1. The molecule has 1 amide bonds. The van der Waals surface area contributed by atoms with Crippen LogP contribution in [0.3, 0.4) is 0 Å². The molecule has 2 fully saturated rings. The summed E-state index contributed by atoms with van der Waals surface area (Å²) in [5.74, 6) is 0.527. The third kappa shape index (κ3) is 3.62. The van der Waals surface area contributed by atoms with Gasteiger partial charge in [0.1, 0.15) is 4.21 Å². The Hall–Kier alpha value is -0.670. The lowest BCUT2D eigenvalue weighted by molar-refractivity contribution is -0.137. The summed E-state index contributed by atoms with van der Waals surface area (Å²) >= 11 is 6.93. The number of hydrogen-bond acceptors (Lipinski definition) is 5. The molecule has 1 aromatic rings. The topological polar surface area (TPSA) is 69.7 Å². The van der Waals surface area contributed by atoms with Crippen molar-refractivity contribution in [3.8, 4) is 0 Å². The molecule has 0 saturated carbocycles. The van der Waals surface area contributed by atoms with Gasteiger partial charge in [-0.2, -0.15) is 4.31 Å². The first kappa shape index (κ1) is 18.1. The molecule has 2 aliphatic heterocycles. The molecule has 2 aliphatic rings. The third-order valence-corrected chi connectivity index (χ3v) is 8.42. The molecule has 2 saturated heterocycles. The van der Waals surface area contributed by atoms with Crippen LogP contribution in [0.4, 0.5) is 0 Å². The van der Waals surface area contributed by atoms with Gasteiger partial charge < -0.3 is 10.2 Å². The van der Waals surface area contributed by atoms with Crippen molar-refractivity contribution >= 4 is 38.9 Å². The van der Waals surface area contributed by atoms with Crippen LogP contribution in [0.25, 0.3) is 0 Å². The van der Waals surface area contributed by atoms with Gasteiger partial charge in [0.05, 0.1) is 4.34 Å². The van der Waals surface area contributed by atoms with Gasteiger partial charge in [0.25, 0.3) is 10.0 Å². The Kier molecular flexibility index (Phi) is 5.51. The van der Waals surface area contributed by atoms with E-state index >= 15 is 0 Å². The van der Waals surface area contributed by atoms with Crippen LogP contribution in [0, 0.1) is 11.8 Å². The first-order valence-electron chi connectivity index (χ1n) is 8.14. The average Bonchev–Trinajstić information content (AvgIpc) is 2.79. The summed E-state index contributed by atoms with van der Waals surface area (Å²) in [5, 5.41) is 3.19. The molecule has 0 bridgehead atoms. The van der Waals surface area contributed by atoms with Crippen molar-refractivity contribution < 1.29 is 13.2 Å². The number of sulfonamides is 1. The number of carbonyl (C=O) groups excluding carboxylic acids is 1. The van der Waals surface area contributed by atoms with Crippen molar-refractivity contribution in [3.63, 3.8) is 0 Å². The molecule has 1 unspecified atom stereocenters. The van der Waals surface area contributed by atoms with Crippen molar-refractivity contribution in [2.45, 2.75) is 17.6 Å². The average molecular weight is 392 g/mol. The second kappa shape index (κ2) is 7.29. The predicted molar refractivity (Wildman–Crippen MR) is 94.8 cm³/mol. The zero-order valence-electron chi connectivity index (χ0n) is 13.6. The smallest absolute Gasteiger partial charge is 0.252 e. The van der Waals surface area contributed by atoms with Gasteiger partial charge in [-0.3, -0.25) is 4.79 Å². The van der Waals surface area contributed by atoms with Gasteiger partial charge in [0.15, 0.2) is 0 Å². The fourth-order valence-corrected chi connectivity index (χ4v) is 6.18. The fourth-order valence-electron chi connectivity index (χ4n) is 3.07. The van der Waals surface area contributed by atoms with Gasteiger partial charge in [0.2, 0.25) is 5.91 Å². The van der Waals surface area contributed by atoms with Gasteiger partial charge in [-0.25, -0.2) is 8.42 Å². The molecular weight excluding hydrogens is 370 g/mol. The maximum Gasteiger partial charge on any atom is 0.252 e. The standard InChI is InChI=1S/C15H22ClN3O3S2/c1-11(12-9-17-10-12)15(20)18-5-2-6-19(8-7-18)24(21,22)14-4-3-13(16)23-14/h3-4,11-12,17H,2,5-10H2,1H3. The summed E-state index contributed by atoms with van der Waals surface area (Å²) < 4.78 is 27.6. The molecule has 24 heavy (non-hydrogen) atoms. The second-order valence-electron chi connectivity index (χ2n) is 6.35. The second-order valence-corrected chi connectivity index (χ2v) is 10.2. The fraction of sp³-hybridized carbons (Fsp3) is 0.667. The van der Waals surface area contributed by atoms with E-state index in [1.165, 1.54) is 4.31 Å². The summed E-state index contributed by atoms with van der Waals surface area (Å²) in [7, 11) is -3.52. The Morgan fingerprint density at radius 1 is 1.29 bits per heavy atom. The molecule has 134 valence electrons. The van der Waals surface area contributed by atoms with Gasteiger partial charge in [0, 0.05) is 32.1 Å². The molecular formula is C15H22ClN3O3S2. The quantitative estimate of drug-likeness (QED) is 0.844. The Morgan fingerprint density at radius 2 is 2.04 bits per heavy atom. The van der Waals surface area contributed by atoms with Crippen LogP contribution >= 0.6 is 22.9 Å². The largest absolute Gasteiger partial charge is 0.341 e. The van der Waals surface area contributed by atoms with Crippen LogP contribution in [0.2, 0.25) is 4.34 Å². The predicted octanol–water partition coefficient (Wildman–Crippen LogP) is 1.48. The molecule has 0 radical (unpaired) electrons. The molecule has 3 heterocycles. The van der Waals surface area contributed by atoms with Crippen molar-refractivity contribution in [2.24, 2.45) is 11.8 Å². The summed E-state index contributed by atoms with van der Waals surface area (Å²) in [6, 6.07) is 3.14. The zero-order chi connectivity index (χ0) is 17.3. The number of nitrogens with one attached hydrogen (secondary N) is 1. The molecule has 3 rings (SSSR count). The van der Waals surface area contributed by atoms with Crippen molar-refractivity contribution in [1.29, 1.82) is 0 Å². The number of halogens is 1. The van der Waals surface area contributed by atoms with E-state index < -0.39 is 10.0 Å². The lowest BCUT2D eigenvalue weighted by atomic mass is 9.88. The third-order valence-electron chi connectivity index (χ3n) is 4.82. The molecule has 1 N–H and O–H groups in total. The van der Waals surface area contributed by atoms with Crippen LogP contribution in [-0.2, 0) is 14.8 Å². The normalized spacial score (nSPS) is 22.0. The lowest BCUT2D eigenvalue weighted by Crippen LogP contribution is -2.51. The number of nitrogens with zero attached hydrogens (tertiary/aromatic N) is 2. The van der Waals surface area contributed by atoms with E-state index in [0.717, 1.165) is 24.4 Å². The number of carbonyl (C=O) groups is 1. The van der Waals surface area contributed by atoms with Crippen LogP contribution < -0.4 is 5.32 Å². The summed E-state index contributed by atoms with van der Waals surface area (Å²) in [4.78, 5) is 14.4. The Bertz CT molecular complexity index is 703. The number of rotatable bonds is 4. The highest BCUT2D eigenvalue weighted by atomic mass is 35.5. The van der Waals surface area contributed by atoms with Crippen LogP contribution in [0.5, 0.6) is 0 Å². The van der Waals surface area contributed by atoms with Gasteiger partial charge >= 0.3 is 0 Å². The Balaban J connectivity index is 1.65. The highest BCUT2D eigenvalue weighted by molar-refractivity contribution is 7.91. The van der Waals surface area contributed by atoms with E-state index in [1.807, 2.05) is 11.8 Å². The van der Waals surface area contributed by atoms with Gasteiger partial charge in [-0.05, 0) is 37.6 Å². The van der Waals surface area contributed by atoms with E-state index in [0.29, 0.717) is 42.9 Å². The first-order chi connectivity index (χ1) is 11.4. The van der Waals surface area contributed by atoms with Gasteiger partial charge in [-0.15, -0.1) is 11.3 Å². The van der Waals surface area contributed by atoms with Crippen molar-refractivity contribution in [2.75, 3.05) is 39.3 Å². The minimum absolute atomic E-state index is 0.00879. The summed E-state index contributed by atoms with van der Waals surface area (Å²) in [6.45, 7) is 5.57. The first-order valence-corrected chi connectivity index (χ1v) is 10.8. The molecule has 1 atom stereocenters. The number of hydrogen-bond donors (Lipinski definition) is 1. The van der Waals surface area contributed by atoms with Gasteiger partial charge in [-0.1, -0.05) is 18.5 Å². The van der Waals surface area contributed by atoms with Crippen molar-refractivity contribution in [1.82, 2.24) is 14.5 Å². The molecule has 0 spiro atoms. The van der Waals surface area contributed by atoms with E-state index in [9.17, 15) is 13.2 Å². The molecule has 0 aromatic carbocycles. The van der Waals surface area contributed by atoms with E-state index in [1.54, 1.807) is 12.1 Å². The highest BCUT2D eigenvalue weighted by Gasteiger charge is 2.34. The van der Waals surface area contributed by atoms with E-state index in [-0.39, 0.29) is 16.0 Å². The van der Waals surface area contributed by atoms with Crippen molar-refractivity contribution in [3.05, 3.63) is 16.5 Å². The van der Waals surface area contributed by atoms with E-state index in [4.69, 9.17) is 11.6 Å². The van der Waals surface area contributed by atoms with Crippen LogP contribution in [0.1, 0.15) is 13.3 Å². The maximum absolute atomic E-state index is 12.7. The SMILES string of the molecule is CC(C(=O)N1CCCN(S(=O)(=O)c2ccc(Cl)s2)CC1)C1CNC1. The number of thiophene rings is 1. The molecule has 1 aromatic heterocycles. The van der Waals surface area contributed by atoms with E-state index in [2.05, 4.69) is 5.32 Å². The Labute approximate surface area is 151 Å². The minimum Gasteiger partial charge on any atom is -0.341 e. The monoisotopic (exact) mass is 391 g/mol.